The maximum Gasteiger partial charge on any atom is 0.339 e. The van der Waals surface area contributed by atoms with Crippen LogP contribution in [0.25, 0.3) is 0 Å². The van der Waals surface area contributed by atoms with Crippen LogP contribution in [-0.4, -0.2) is 57.6 Å². The molecule has 2 N–H and O–H groups in total. The Balaban J connectivity index is 0.000000311. The second-order valence-corrected chi connectivity index (χ2v) is 10.5. The van der Waals surface area contributed by atoms with E-state index in [1.54, 1.807) is 13.8 Å². The Morgan fingerprint density at radius 2 is 1.37 bits per heavy atom. The van der Waals surface area contributed by atoms with E-state index in [1.807, 2.05) is 0 Å². The van der Waals surface area contributed by atoms with Gasteiger partial charge in [-0.25, -0.2) is 26.4 Å². The molecule has 0 aliphatic rings. The van der Waals surface area contributed by atoms with Crippen LogP contribution in [0.1, 0.15) is 34.6 Å². The van der Waals surface area contributed by atoms with Gasteiger partial charge < -0.3 is 14.9 Å². The van der Waals surface area contributed by atoms with Crippen molar-refractivity contribution in [3.63, 3.8) is 0 Å². The fourth-order valence-corrected chi connectivity index (χ4v) is 3.76. The normalized spacial score (nSPS) is 11.4. The summed E-state index contributed by atoms with van der Waals surface area (Å²) in [7, 11) is -6.88. The number of rotatable bonds is 6. The van der Waals surface area contributed by atoms with Crippen LogP contribution in [-0.2, 0) is 19.7 Å². The van der Waals surface area contributed by atoms with E-state index in [1.165, 1.54) is 36.4 Å². The summed E-state index contributed by atoms with van der Waals surface area (Å²) in [6, 6.07) is 9.31. The largest absolute Gasteiger partial charge is 0.490 e. The molecule has 0 aromatic heterocycles. The standard InChI is InChI=1S/C11H14O5S.C8H8O4S/c1-7(2)16-10-5-4-8(17(3,14)15)6-9(10)11(12)13;1-13(11,12)7-5-3-2-4-6(7)8(9)10/h4-7H,1-3H3,(H,12,13);2-5H,1H3,(H,9,10). The quantitative estimate of drug-likeness (QED) is 0.664. The minimum atomic E-state index is -3.46. The van der Waals surface area contributed by atoms with Gasteiger partial charge in [0.2, 0.25) is 0 Å². The predicted octanol–water partition coefficient (Wildman–Crippen LogP) is 2.36. The van der Waals surface area contributed by atoms with Crippen molar-refractivity contribution in [1.82, 2.24) is 0 Å². The van der Waals surface area contributed by atoms with Gasteiger partial charge >= 0.3 is 11.9 Å². The highest BCUT2D eigenvalue weighted by Gasteiger charge is 2.18. The summed E-state index contributed by atoms with van der Waals surface area (Å²) < 4.78 is 50.1. The molecule has 0 bridgehead atoms. The third-order valence-electron chi connectivity index (χ3n) is 3.49. The molecule has 2 aromatic rings. The molecule has 30 heavy (non-hydrogen) atoms. The van der Waals surface area contributed by atoms with Crippen LogP contribution >= 0.6 is 0 Å². The summed E-state index contributed by atoms with van der Waals surface area (Å²) in [6.07, 6.45) is 1.82. The number of ether oxygens (including phenoxy) is 1. The highest BCUT2D eigenvalue weighted by Crippen LogP contribution is 2.23. The van der Waals surface area contributed by atoms with Gasteiger partial charge in [0.05, 0.1) is 21.5 Å². The van der Waals surface area contributed by atoms with Gasteiger partial charge in [0.25, 0.3) is 0 Å². The molecule has 11 heteroatoms. The van der Waals surface area contributed by atoms with Gasteiger partial charge in [0, 0.05) is 12.5 Å². The first kappa shape index (κ1) is 25.1. The molecular formula is C19H22O9S2. The number of carboxylic acid groups (broad SMARTS) is 2. The van der Waals surface area contributed by atoms with Crippen LogP contribution in [0.15, 0.2) is 52.3 Å². The Labute approximate surface area is 174 Å². The SMILES string of the molecule is CC(C)Oc1ccc(S(C)(=O)=O)cc1C(=O)O.CS(=O)(=O)c1ccccc1C(=O)O. The molecule has 0 heterocycles. The van der Waals surface area contributed by atoms with E-state index in [9.17, 15) is 26.4 Å². The van der Waals surface area contributed by atoms with E-state index in [2.05, 4.69) is 0 Å². The molecular weight excluding hydrogens is 436 g/mol. The summed E-state index contributed by atoms with van der Waals surface area (Å²) in [5.41, 5.74) is -0.341. The lowest BCUT2D eigenvalue weighted by Crippen LogP contribution is -2.11. The van der Waals surface area contributed by atoms with Gasteiger partial charge in [-0.3, -0.25) is 0 Å². The molecule has 9 nitrogen and oxygen atoms in total. The number of benzene rings is 2. The summed E-state index contributed by atoms with van der Waals surface area (Å²) in [4.78, 5) is 21.4. The summed E-state index contributed by atoms with van der Waals surface area (Å²) in [6.45, 7) is 3.52. The zero-order chi connectivity index (χ0) is 23.3. The van der Waals surface area contributed by atoms with Crippen LogP contribution in [0.5, 0.6) is 5.75 Å². The molecule has 0 radical (unpaired) electrons. The van der Waals surface area contributed by atoms with Gasteiger partial charge in [0.15, 0.2) is 19.7 Å². The Morgan fingerprint density at radius 3 is 1.77 bits per heavy atom. The van der Waals surface area contributed by atoms with E-state index >= 15 is 0 Å². The molecule has 0 amide bonds. The molecule has 2 rings (SSSR count). The van der Waals surface area contributed by atoms with Crippen molar-refractivity contribution in [1.29, 1.82) is 0 Å². The Kier molecular flexibility index (Phi) is 8.14. The second kappa shape index (κ2) is 9.72. The first-order valence-electron chi connectivity index (χ1n) is 8.41. The highest BCUT2D eigenvalue weighted by atomic mass is 32.2. The monoisotopic (exact) mass is 458 g/mol. The van der Waals surface area contributed by atoms with Crippen LogP contribution in [0.2, 0.25) is 0 Å². The Bertz CT molecular complexity index is 1150. The Hall–Kier alpha value is -2.92. The summed E-state index contributed by atoms with van der Waals surface area (Å²) in [5.74, 6) is -2.29. The van der Waals surface area contributed by atoms with E-state index in [-0.39, 0.29) is 32.8 Å². The van der Waals surface area contributed by atoms with Crippen molar-refractivity contribution in [3.05, 3.63) is 53.6 Å². The van der Waals surface area contributed by atoms with Crippen LogP contribution in [0.3, 0.4) is 0 Å². The molecule has 0 atom stereocenters. The van der Waals surface area contributed by atoms with Crippen LogP contribution < -0.4 is 4.74 Å². The molecule has 0 fully saturated rings. The number of hydrogen-bond acceptors (Lipinski definition) is 7. The van der Waals surface area contributed by atoms with Crippen molar-refractivity contribution in [2.75, 3.05) is 12.5 Å². The van der Waals surface area contributed by atoms with Crippen molar-refractivity contribution < 1.29 is 41.4 Å². The predicted molar refractivity (Wildman–Crippen MR) is 109 cm³/mol. The van der Waals surface area contributed by atoms with E-state index in [0.29, 0.717) is 0 Å². The highest BCUT2D eigenvalue weighted by molar-refractivity contribution is 7.91. The molecule has 0 unspecified atom stereocenters. The minimum Gasteiger partial charge on any atom is -0.490 e. The molecule has 0 saturated carbocycles. The van der Waals surface area contributed by atoms with Crippen molar-refractivity contribution in [2.45, 2.75) is 29.7 Å². The number of carbonyl (C=O) groups is 2. The van der Waals surface area contributed by atoms with Crippen molar-refractivity contribution in [3.8, 4) is 5.75 Å². The van der Waals surface area contributed by atoms with Crippen LogP contribution in [0, 0.1) is 0 Å². The molecule has 0 saturated heterocycles. The third kappa shape index (κ3) is 7.16. The van der Waals surface area contributed by atoms with E-state index in [0.717, 1.165) is 18.6 Å². The van der Waals surface area contributed by atoms with Gasteiger partial charge in [0.1, 0.15) is 11.3 Å². The molecule has 0 spiro atoms. The molecule has 0 aliphatic heterocycles. The van der Waals surface area contributed by atoms with E-state index < -0.39 is 31.6 Å². The average molecular weight is 459 g/mol. The lowest BCUT2D eigenvalue weighted by atomic mass is 10.2. The van der Waals surface area contributed by atoms with Gasteiger partial charge in [-0.15, -0.1) is 0 Å². The van der Waals surface area contributed by atoms with E-state index in [4.69, 9.17) is 14.9 Å². The van der Waals surface area contributed by atoms with Gasteiger partial charge in [-0.1, -0.05) is 12.1 Å². The average Bonchev–Trinajstić information content (AvgIpc) is 2.60. The minimum absolute atomic E-state index is 0.0361. The summed E-state index contributed by atoms with van der Waals surface area (Å²) >= 11 is 0. The van der Waals surface area contributed by atoms with Crippen LogP contribution in [0.4, 0.5) is 0 Å². The smallest absolute Gasteiger partial charge is 0.339 e. The van der Waals surface area contributed by atoms with Gasteiger partial charge in [-0.05, 0) is 44.2 Å². The number of aromatic carboxylic acids is 2. The zero-order valence-corrected chi connectivity index (χ0v) is 18.3. The number of carboxylic acids is 2. The Morgan fingerprint density at radius 1 is 0.833 bits per heavy atom. The van der Waals surface area contributed by atoms with Gasteiger partial charge in [-0.2, -0.15) is 0 Å². The lowest BCUT2D eigenvalue weighted by molar-refractivity contribution is 0.0680. The first-order chi connectivity index (χ1) is 13.6. The third-order valence-corrected chi connectivity index (χ3v) is 5.75. The topological polar surface area (TPSA) is 152 Å². The molecule has 2 aromatic carbocycles. The molecule has 164 valence electrons. The fourth-order valence-electron chi connectivity index (χ4n) is 2.23. The number of sulfone groups is 2. The fraction of sp³-hybridized carbons (Fsp3) is 0.263. The van der Waals surface area contributed by atoms with Crippen molar-refractivity contribution >= 4 is 31.6 Å². The summed E-state index contributed by atoms with van der Waals surface area (Å²) in [5, 5.41) is 17.7. The second-order valence-electron chi connectivity index (χ2n) is 6.48. The first-order valence-corrected chi connectivity index (χ1v) is 12.2. The maximum atomic E-state index is 11.3. The molecule has 0 aliphatic carbocycles. The lowest BCUT2D eigenvalue weighted by Gasteiger charge is -2.12. The number of hydrogen-bond donors (Lipinski definition) is 2. The van der Waals surface area contributed by atoms with Crippen molar-refractivity contribution in [2.24, 2.45) is 0 Å². The maximum absolute atomic E-state index is 11.3. The zero-order valence-electron chi connectivity index (χ0n) is 16.7.